The van der Waals surface area contributed by atoms with Crippen molar-refractivity contribution >= 4 is 47.6 Å². The zero-order chi connectivity index (χ0) is 20.1. The fraction of sp³-hybridized carbons (Fsp3) is 0.0556. The van der Waals surface area contributed by atoms with Crippen LogP contribution in [0.3, 0.4) is 0 Å². The summed E-state index contributed by atoms with van der Waals surface area (Å²) in [6.45, 7) is 0. The lowest BCUT2D eigenvalue weighted by atomic mass is 10.1. The molecule has 3 aromatic carbocycles. The molecule has 0 amide bonds. The third-order valence-electron chi connectivity index (χ3n) is 4.19. The van der Waals surface area contributed by atoms with Gasteiger partial charge in [-0.3, -0.25) is 0 Å². The normalized spacial score (nSPS) is 12.6. The molecule has 0 radical (unpaired) electrons. The minimum absolute atomic E-state index is 0.501. The number of sulfonamides is 1. The van der Waals surface area contributed by atoms with Crippen LogP contribution in [-0.4, -0.2) is 18.3 Å². The van der Waals surface area contributed by atoms with Gasteiger partial charge in [-0.1, -0.05) is 40.2 Å². The minimum Gasteiger partial charge on any atom is -0.200 e. The largest absolute Gasteiger partial charge is 0.416 e. The molecule has 1 aromatic heterocycles. The van der Waals surface area contributed by atoms with E-state index in [9.17, 15) is 21.6 Å². The van der Waals surface area contributed by atoms with Crippen LogP contribution in [0.5, 0.6) is 0 Å². The molecule has 0 spiro atoms. The van der Waals surface area contributed by atoms with Gasteiger partial charge in [0.15, 0.2) is 0 Å². The maximum atomic E-state index is 12.9. The summed E-state index contributed by atoms with van der Waals surface area (Å²) in [5.74, 6) is 0. The summed E-state index contributed by atoms with van der Waals surface area (Å²) in [5.41, 5.74) is -0.545. The van der Waals surface area contributed by atoms with Crippen LogP contribution in [0.1, 0.15) is 5.56 Å². The molecule has 0 saturated heterocycles. The molecule has 0 fully saturated rings. The predicted molar refractivity (Wildman–Crippen MR) is 103 cm³/mol. The SMILES string of the molecule is O=S(=O)(Nn1ncc2ccc3cc(Br)ccc3c21)c1cccc(C(F)(F)F)c1. The molecule has 4 rings (SSSR count). The average Bonchev–Trinajstić information content (AvgIpc) is 3.03. The van der Waals surface area contributed by atoms with Gasteiger partial charge in [0.25, 0.3) is 10.0 Å². The maximum absolute atomic E-state index is 12.9. The first-order valence-corrected chi connectivity index (χ1v) is 10.2. The van der Waals surface area contributed by atoms with E-state index >= 15 is 0 Å². The second kappa shape index (κ2) is 6.49. The third kappa shape index (κ3) is 3.33. The lowest BCUT2D eigenvalue weighted by molar-refractivity contribution is -0.137. The lowest BCUT2D eigenvalue weighted by Gasteiger charge is -2.12. The zero-order valence-corrected chi connectivity index (χ0v) is 16.3. The Labute approximate surface area is 165 Å². The highest BCUT2D eigenvalue weighted by molar-refractivity contribution is 9.10. The Hall–Kier alpha value is -2.59. The van der Waals surface area contributed by atoms with E-state index in [-0.39, 0.29) is 0 Å². The standard InChI is InChI=1S/C18H11BrF3N3O2S/c19-14-6-7-16-11(8-14)4-5-12-10-23-25(17(12)16)24-28(26,27)15-3-1-2-13(9-15)18(20,21)22/h1-10,24H. The lowest BCUT2D eigenvalue weighted by Crippen LogP contribution is -2.24. The van der Waals surface area contributed by atoms with E-state index in [0.29, 0.717) is 17.0 Å². The van der Waals surface area contributed by atoms with E-state index in [2.05, 4.69) is 25.9 Å². The molecular formula is C18H11BrF3N3O2S. The van der Waals surface area contributed by atoms with Crippen molar-refractivity contribution < 1.29 is 21.6 Å². The van der Waals surface area contributed by atoms with E-state index in [4.69, 9.17) is 0 Å². The van der Waals surface area contributed by atoms with E-state index in [1.807, 2.05) is 12.1 Å². The van der Waals surface area contributed by atoms with Crippen molar-refractivity contribution in [2.45, 2.75) is 11.1 Å². The molecule has 4 aromatic rings. The van der Waals surface area contributed by atoms with Crippen LogP contribution in [0.2, 0.25) is 0 Å². The first-order chi connectivity index (χ1) is 13.1. The van der Waals surface area contributed by atoms with Gasteiger partial charge in [-0.25, -0.2) is 0 Å². The van der Waals surface area contributed by atoms with Crippen molar-refractivity contribution in [3.05, 3.63) is 70.8 Å². The van der Waals surface area contributed by atoms with Crippen LogP contribution in [0, 0.1) is 0 Å². The predicted octanol–water partition coefficient (Wildman–Crippen LogP) is 4.90. The Kier molecular flexibility index (Phi) is 4.35. The van der Waals surface area contributed by atoms with Gasteiger partial charge in [-0.15, -0.1) is 0 Å². The van der Waals surface area contributed by atoms with E-state index < -0.39 is 26.7 Å². The van der Waals surface area contributed by atoms with Gasteiger partial charge >= 0.3 is 6.18 Å². The van der Waals surface area contributed by atoms with Crippen LogP contribution in [0.15, 0.2) is 70.2 Å². The number of aromatic nitrogens is 2. The average molecular weight is 470 g/mol. The topological polar surface area (TPSA) is 64.0 Å². The number of halogens is 4. The summed E-state index contributed by atoms with van der Waals surface area (Å²) in [4.78, 5) is 2.79. The van der Waals surface area contributed by atoms with Crippen LogP contribution < -0.4 is 4.83 Å². The van der Waals surface area contributed by atoms with E-state index in [1.165, 1.54) is 6.20 Å². The summed E-state index contributed by atoms with van der Waals surface area (Å²) in [6.07, 6.45) is -3.17. The van der Waals surface area contributed by atoms with Gasteiger partial charge < -0.3 is 0 Å². The van der Waals surface area contributed by atoms with Gasteiger partial charge in [-0.2, -0.15) is 36.3 Å². The van der Waals surface area contributed by atoms with Crippen LogP contribution in [0.4, 0.5) is 13.2 Å². The van der Waals surface area contributed by atoms with Crippen LogP contribution in [0.25, 0.3) is 21.7 Å². The molecule has 144 valence electrons. The fourth-order valence-electron chi connectivity index (χ4n) is 2.89. The number of rotatable bonds is 3. The maximum Gasteiger partial charge on any atom is 0.416 e. The highest BCUT2D eigenvalue weighted by Crippen LogP contribution is 2.31. The molecule has 0 saturated carbocycles. The Bertz CT molecular complexity index is 1320. The molecule has 0 aliphatic rings. The van der Waals surface area contributed by atoms with Crippen molar-refractivity contribution in [3.63, 3.8) is 0 Å². The highest BCUT2D eigenvalue weighted by atomic mass is 79.9. The Morgan fingerprint density at radius 3 is 2.50 bits per heavy atom. The van der Waals surface area contributed by atoms with E-state index in [0.717, 1.165) is 38.2 Å². The first-order valence-electron chi connectivity index (χ1n) is 7.91. The molecule has 0 atom stereocenters. The number of fused-ring (bicyclic) bond motifs is 3. The van der Waals surface area contributed by atoms with Gasteiger partial charge in [0, 0.05) is 15.2 Å². The second-order valence-corrected chi connectivity index (χ2v) is 8.62. The van der Waals surface area contributed by atoms with Crippen molar-refractivity contribution in [2.75, 3.05) is 4.83 Å². The van der Waals surface area contributed by atoms with Crippen LogP contribution in [-0.2, 0) is 16.2 Å². The highest BCUT2D eigenvalue weighted by Gasteiger charge is 2.31. The molecule has 1 N–H and O–H groups in total. The number of nitrogens with one attached hydrogen (secondary N) is 1. The van der Waals surface area contributed by atoms with Crippen molar-refractivity contribution in [3.8, 4) is 0 Å². The molecule has 1 heterocycles. The minimum atomic E-state index is -4.65. The molecule has 28 heavy (non-hydrogen) atoms. The Morgan fingerprint density at radius 1 is 1.00 bits per heavy atom. The third-order valence-corrected chi connectivity index (χ3v) is 5.97. The second-order valence-electron chi connectivity index (χ2n) is 6.05. The summed E-state index contributed by atoms with van der Waals surface area (Å²) < 4.78 is 64.9. The van der Waals surface area contributed by atoms with Gasteiger partial charge in [0.1, 0.15) is 5.52 Å². The molecule has 0 bridgehead atoms. The molecule has 0 aliphatic carbocycles. The summed E-state index contributed by atoms with van der Waals surface area (Å²) in [5, 5.41) is 6.31. The van der Waals surface area contributed by atoms with Gasteiger partial charge in [0.05, 0.1) is 16.7 Å². The van der Waals surface area contributed by atoms with E-state index in [1.54, 1.807) is 18.2 Å². The number of benzene rings is 3. The quantitative estimate of drug-likeness (QED) is 0.463. The molecule has 0 unspecified atom stereocenters. The number of nitrogens with zero attached hydrogens (tertiary/aromatic N) is 2. The Balaban J connectivity index is 1.82. The van der Waals surface area contributed by atoms with Gasteiger partial charge in [0.2, 0.25) is 0 Å². The number of hydrogen-bond acceptors (Lipinski definition) is 3. The summed E-state index contributed by atoms with van der Waals surface area (Å²) in [6, 6.07) is 12.7. The Morgan fingerprint density at radius 2 is 1.75 bits per heavy atom. The van der Waals surface area contributed by atoms with Crippen molar-refractivity contribution in [1.82, 2.24) is 9.89 Å². The number of alkyl halides is 3. The molecule has 10 heteroatoms. The number of hydrogen-bond donors (Lipinski definition) is 1. The smallest absolute Gasteiger partial charge is 0.200 e. The first kappa shape index (κ1) is 18.8. The summed E-state index contributed by atoms with van der Waals surface area (Å²) in [7, 11) is -4.29. The van der Waals surface area contributed by atoms with Gasteiger partial charge in [-0.05, 0) is 35.7 Å². The van der Waals surface area contributed by atoms with Crippen LogP contribution >= 0.6 is 15.9 Å². The van der Waals surface area contributed by atoms with Crippen molar-refractivity contribution in [1.29, 1.82) is 0 Å². The molecule has 0 aliphatic heterocycles. The van der Waals surface area contributed by atoms with Crippen molar-refractivity contribution in [2.24, 2.45) is 0 Å². The monoisotopic (exact) mass is 469 g/mol. The summed E-state index contributed by atoms with van der Waals surface area (Å²) >= 11 is 3.38. The molecular weight excluding hydrogens is 459 g/mol. The fourth-order valence-corrected chi connectivity index (χ4v) is 4.28. The molecule has 5 nitrogen and oxygen atoms in total. The zero-order valence-electron chi connectivity index (χ0n) is 13.9.